The van der Waals surface area contributed by atoms with Gasteiger partial charge in [-0.05, 0) is 36.4 Å². The van der Waals surface area contributed by atoms with Crippen LogP contribution in [0.4, 0.5) is 4.39 Å². The van der Waals surface area contributed by atoms with Crippen LogP contribution in [0.25, 0.3) is 28.0 Å². The molecule has 6 nitrogen and oxygen atoms in total. The molecule has 3 aromatic heterocycles. The Morgan fingerprint density at radius 2 is 1.97 bits per heavy atom. The van der Waals surface area contributed by atoms with E-state index < -0.39 is 12.0 Å². The van der Waals surface area contributed by atoms with E-state index in [1.54, 1.807) is 40.2 Å². The van der Waals surface area contributed by atoms with Crippen LogP contribution in [-0.4, -0.2) is 44.8 Å². The highest BCUT2D eigenvalue weighted by molar-refractivity contribution is 6.31. The number of halogens is 2. The molecule has 4 aromatic rings. The molecule has 0 unspecified atom stereocenters. The van der Waals surface area contributed by atoms with Crippen molar-refractivity contribution in [2.24, 2.45) is 4.99 Å². The summed E-state index contributed by atoms with van der Waals surface area (Å²) in [4.78, 5) is 14.7. The molecule has 0 aliphatic heterocycles. The van der Waals surface area contributed by atoms with Gasteiger partial charge >= 0.3 is 0 Å². The molecule has 30 heavy (non-hydrogen) atoms. The normalized spacial score (nSPS) is 12.6. The van der Waals surface area contributed by atoms with Crippen molar-refractivity contribution < 1.29 is 9.50 Å². The van der Waals surface area contributed by atoms with Crippen LogP contribution < -0.4 is 0 Å². The second kappa shape index (κ2) is 8.22. The minimum absolute atomic E-state index is 0.0401. The number of imidazole rings is 1. The van der Waals surface area contributed by atoms with Crippen molar-refractivity contribution in [2.75, 3.05) is 14.1 Å². The van der Waals surface area contributed by atoms with E-state index in [0.29, 0.717) is 22.6 Å². The molecule has 0 amide bonds. The number of rotatable bonds is 5. The van der Waals surface area contributed by atoms with E-state index in [4.69, 9.17) is 11.6 Å². The number of aliphatic hydroxyl groups excluding tert-OH is 1. The molecule has 0 saturated heterocycles. The molecule has 0 radical (unpaired) electrons. The van der Waals surface area contributed by atoms with Gasteiger partial charge in [-0.1, -0.05) is 17.7 Å². The topological polar surface area (TPSA) is 66.0 Å². The molecule has 4 rings (SSSR count). The van der Waals surface area contributed by atoms with Crippen molar-refractivity contribution in [1.29, 1.82) is 0 Å². The summed E-state index contributed by atoms with van der Waals surface area (Å²) in [5.41, 5.74) is 4.30. The molecule has 0 aliphatic rings. The van der Waals surface area contributed by atoms with E-state index in [9.17, 15) is 9.50 Å². The maximum Gasteiger partial charge on any atom is 0.190 e. The molecule has 0 bridgehead atoms. The van der Waals surface area contributed by atoms with Gasteiger partial charge in [-0.2, -0.15) is 0 Å². The van der Waals surface area contributed by atoms with E-state index >= 15 is 0 Å². The van der Waals surface area contributed by atoms with E-state index in [1.807, 2.05) is 44.6 Å². The zero-order valence-corrected chi connectivity index (χ0v) is 17.1. The van der Waals surface area contributed by atoms with Crippen molar-refractivity contribution in [3.05, 3.63) is 77.6 Å². The number of benzene rings is 1. The number of nitrogens with zero attached hydrogens (tertiary/aromatic N) is 5. The Labute approximate surface area is 177 Å². The van der Waals surface area contributed by atoms with Crippen LogP contribution in [0.15, 0.2) is 66.0 Å². The third-order valence-electron chi connectivity index (χ3n) is 4.55. The zero-order valence-electron chi connectivity index (χ0n) is 16.4. The van der Waals surface area contributed by atoms with Crippen molar-refractivity contribution in [3.8, 4) is 22.4 Å². The lowest BCUT2D eigenvalue weighted by molar-refractivity contribution is 0.182. The van der Waals surface area contributed by atoms with Crippen molar-refractivity contribution in [2.45, 2.75) is 6.23 Å². The fourth-order valence-electron chi connectivity index (χ4n) is 3.13. The minimum atomic E-state index is -1.05. The average molecular weight is 424 g/mol. The summed E-state index contributed by atoms with van der Waals surface area (Å²) in [6.07, 6.45) is 5.64. The average Bonchev–Trinajstić information content (AvgIpc) is 3.17. The van der Waals surface area contributed by atoms with Crippen LogP contribution in [0, 0.1) is 5.82 Å². The Kier molecular flexibility index (Phi) is 5.48. The molecule has 152 valence electrons. The maximum atomic E-state index is 13.6. The number of hydrogen-bond acceptors (Lipinski definition) is 4. The van der Waals surface area contributed by atoms with E-state index in [2.05, 4.69) is 15.0 Å². The van der Waals surface area contributed by atoms with Gasteiger partial charge in [0.1, 0.15) is 11.5 Å². The Bertz CT molecular complexity index is 1240. The Morgan fingerprint density at radius 1 is 1.17 bits per heavy atom. The smallest absolute Gasteiger partial charge is 0.190 e. The molecular formula is C22H19ClFN5O. The predicted octanol–water partition coefficient (Wildman–Crippen LogP) is 4.44. The summed E-state index contributed by atoms with van der Waals surface area (Å²) < 4.78 is 15.4. The first-order chi connectivity index (χ1) is 14.4. The van der Waals surface area contributed by atoms with Gasteiger partial charge in [-0.25, -0.2) is 14.4 Å². The van der Waals surface area contributed by atoms with E-state index in [-0.39, 0.29) is 5.02 Å². The van der Waals surface area contributed by atoms with Crippen LogP contribution in [0.2, 0.25) is 5.02 Å². The van der Waals surface area contributed by atoms with Gasteiger partial charge in [-0.3, -0.25) is 9.38 Å². The van der Waals surface area contributed by atoms with Crippen molar-refractivity contribution >= 4 is 23.6 Å². The first-order valence-electron chi connectivity index (χ1n) is 9.19. The summed E-state index contributed by atoms with van der Waals surface area (Å²) in [6.45, 7) is 0. The zero-order chi connectivity index (χ0) is 21.3. The molecule has 0 spiro atoms. The van der Waals surface area contributed by atoms with Crippen LogP contribution in [0.1, 0.15) is 11.9 Å². The Morgan fingerprint density at radius 3 is 2.73 bits per heavy atom. The second-order valence-corrected chi connectivity index (χ2v) is 7.37. The summed E-state index contributed by atoms with van der Waals surface area (Å²) in [5, 5.41) is 10.5. The van der Waals surface area contributed by atoms with Gasteiger partial charge in [0.15, 0.2) is 6.23 Å². The number of aromatic nitrogens is 3. The predicted molar refractivity (Wildman–Crippen MR) is 116 cm³/mol. The fraction of sp³-hybridized carbons (Fsp3) is 0.136. The molecule has 1 aromatic carbocycles. The van der Waals surface area contributed by atoms with E-state index in [1.165, 1.54) is 6.07 Å². The van der Waals surface area contributed by atoms with Gasteiger partial charge in [0.2, 0.25) is 0 Å². The minimum Gasteiger partial charge on any atom is -0.369 e. The number of aliphatic hydroxyl groups is 1. The third-order valence-corrected chi connectivity index (χ3v) is 4.84. The van der Waals surface area contributed by atoms with Crippen LogP contribution in [0.3, 0.4) is 0 Å². The molecular weight excluding hydrogens is 405 g/mol. The largest absolute Gasteiger partial charge is 0.369 e. The number of fused-ring (bicyclic) bond motifs is 1. The SMILES string of the molecule is CN(C)/C=N\[C@@H](O)c1cnc2ccc(-c3cccnc3-c3ccc(F)c(Cl)c3)cn12. The molecule has 1 N–H and O–H groups in total. The maximum absolute atomic E-state index is 13.6. The highest BCUT2D eigenvalue weighted by atomic mass is 35.5. The summed E-state index contributed by atoms with van der Waals surface area (Å²) in [5.74, 6) is -0.477. The quantitative estimate of drug-likeness (QED) is 0.381. The van der Waals surface area contributed by atoms with E-state index in [0.717, 1.165) is 11.1 Å². The van der Waals surface area contributed by atoms with Gasteiger partial charge in [0, 0.05) is 43.2 Å². The van der Waals surface area contributed by atoms with Crippen LogP contribution >= 0.6 is 11.6 Å². The molecule has 8 heteroatoms. The summed E-state index contributed by atoms with van der Waals surface area (Å²) >= 11 is 5.97. The van der Waals surface area contributed by atoms with Crippen LogP contribution in [0.5, 0.6) is 0 Å². The highest BCUT2D eigenvalue weighted by Crippen LogP contribution is 2.32. The third kappa shape index (κ3) is 3.90. The monoisotopic (exact) mass is 423 g/mol. The standard InChI is InChI=1S/C22H19ClFN5O/c1-28(2)13-27-22(30)19-11-26-20-8-6-15(12-29(19)20)16-4-3-9-25-21(16)14-5-7-18(24)17(23)10-14/h3-13,22,30H,1-2H3/b27-13-/t22-/m0/s1. The van der Waals surface area contributed by atoms with Gasteiger partial charge in [-0.15, -0.1) is 0 Å². The Hall–Kier alpha value is -3.29. The summed E-state index contributed by atoms with van der Waals surface area (Å²) in [7, 11) is 3.66. The molecule has 0 aliphatic carbocycles. The summed E-state index contributed by atoms with van der Waals surface area (Å²) in [6, 6.07) is 12.1. The molecule has 1 atom stereocenters. The van der Waals surface area contributed by atoms with Gasteiger partial charge in [0.25, 0.3) is 0 Å². The molecule has 0 fully saturated rings. The lowest BCUT2D eigenvalue weighted by Crippen LogP contribution is -2.10. The van der Waals surface area contributed by atoms with Crippen molar-refractivity contribution in [3.63, 3.8) is 0 Å². The first kappa shape index (κ1) is 20.0. The number of aliphatic imine (C=N–C) groups is 1. The fourth-order valence-corrected chi connectivity index (χ4v) is 3.31. The van der Waals surface area contributed by atoms with Gasteiger partial charge in [0.05, 0.1) is 28.9 Å². The first-order valence-corrected chi connectivity index (χ1v) is 9.57. The lowest BCUT2D eigenvalue weighted by atomic mass is 10.0. The van der Waals surface area contributed by atoms with Crippen molar-refractivity contribution in [1.82, 2.24) is 19.3 Å². The van der Waals surface area contributed by atoms with Gasteiger partial charge < -0.3 is 10.0 Å². The molecule has 3 heterocycles. The number of pyridine rings is 2. The highest BCUT2D eigenvalue weighted by Gasteiger charge is 2.15. The second-order valence-electron chi connectivity index (χ2n) is 6.96. The van der Waals surface area contributed by atoms with Crippen LogP contribution in [-0.2, 0) is 0 Å². The Balaban J connectivity index is 1.81. The number of hydrogen-bond donors (Lipinski definition) is 1. The lowest BCUT2D eigenvalue weighted by Gasteiger charge is -2.12. The molecule has 0 saturated carbocycles.